The van der Waals surface area contributed by atoms with Crippen LogP contribution in [0.2, 0.25) is 0 Å². The monoisotopic (exact) mass is 327 g/mol. The maximum Gasteiger partial charge on any atom is 0.416 e. The summed E-state index contributed by atoms with van der Waals surface area (Å²) >= 11 is 1.73. The molecule has 0 bridgehead atoms. The first-order valence-corrected chi connectivity index (χ1v) is 8.08. The molecular formula is C15H16F3N3S. The number of pyridine rings is 1. The Bertz CT molecular complexity index is 628. The minimum Gasteiger partial charge on any atom is -0.370 e. The van der Waals surface area contributed by atoms with Crippen LogP contribution in [0.4, 0.5) is 19.0 Å². The SMILES string of the molecule is FC(F)(F)c1ccnc(NCCc2nc3c(s2)CCCC3)c1. The van der Waals surface area contributed by atoms with Gasteiger partial charge in [0.15, 0.2) is 0 Å². The summed E-state index contributed by atoms with van der Waals surface area (Å²) in [6.07, 6.45) is 2.12. The lowest BCUT2D eigenvalue weighted by Crippen LogP contribution is -2.09. The van der Waals surface area contributed by atoms with Crippen molar-refractivity contribution in [3.63, 3.8) is 0 Å². The standard InChI is InChI=1S/C15H16F3N3S/c16-15(17,18)10-5-7-19-13(9-10)20-8-6-14-21-11-3-1-2-4-12(11)22-14/h5,7,9H,1-4,6,8H2,(H,19,20). The molecule has 1 aliphatic carbocycles. The van der Waals surface area contributed by atoms with E-state index in [-0.39, 0.29) is 5.82 Å². The molecule has 1 N–H and O–H groups in total. The van der Waals surface area contributed by atoms with Gasteiger partial charge in [0.05, 0.1) is 16.3 Å². The highest BCUT2D eigenvalue weighted by molar-refractivity contribution is 7.11. The van der Waals surface area contributed by atoms with E-state index in [1.54, 1.807) is 11.3 Å². The molecule has 1 aliphatic rings. The number of hydrogen-bond acceptors (Lipinski definition) is 4. The average Bonchev–Trinajstić information content (AvgIpc) is 2.89. The summed E-state index contributed by atoms with van der Waals surface area (Å²) in [6.45, 7) is 0.528. The lowest BCUT2D eigenvalue weighted by Gasteiger charge is -2.09. The number of aromatic nitrogens is 2. The normalized spacial score (nSPS) is 14.7. The highest BCUT2D eigenvalue weighted by Crippen LogP contribution is 2.30. The molecule has 2 aromatic rings. The van der Waals surface area contributed by atoms with E-state index in [2.05, 4.69) is 15.3 Å². The zero-order valence-electron chi connectivity index (χ0n) is 11.9. The summed E-state index contributed by atoms with van der Waals surface area (Å²) in [5.41, 5.74) is 0.526. The number of hydrogen-bond donors (Lipinski definition) is 1. The van der Waals surface area contributed by atoms with Crippen molar-refractivity contribution in [1.29, 1.82) is 0 Å². The Morgan fingerprint density at radius 1 is 1.23 bits per heavy atom. The van der Waals surface area contributed by atoms with Crippen LogP contribution in [0.3, 0.4) is 0 Å². The van der Waals surface area contributed by atoms with Gasteiger partial charge in [-0.05, 0) is 37.8 Å². The fraction of sp³-hybridized carbons (Fsp3) is 0.467. The third-order valence-corrected chi connectivity index (χ3v) is 4.84. The first kappa shape index (κ1) is 15.3. The zero-order valence-corrected chi connectivity index (χ0v) is 12.7. The van der Waals surface area contributed by atoms with E-state index in [9.17, 15) is 13.2 Å². The number of aryl methyl sites for hydroxylation is 2. The number of nitrogens with one attached hydrogen (secondary N) is 1. The molecule has 0 amide bonds. The number of nitrogens with zero attached hydrogens (tertiary/aromatic N) is 2. The molecule has 0 atom stereocenters. The summed E-state index contributed by atoms with van der Waals surface area (Å²) in [4.78, 5) is 9.91. The van der Waals surface area contributed by atoms with Crippen molar-refractivity contribution in [2.24, 2.45) is 0 Å². The molecule has 7 heteroatoms. The second kappa shape index (κ2) is 6.24. The van der Waals surface area contributed by atoms with E-state index in [4.69, 9.17) is 0 Å². The number of thiazole rings is 1. The van der Waals surface area contributed by atoms with Crippen LogP contribution < -0.4 is 5.32 Å². The Balaban J connectivity index is 1.58. The molecular weight excluding hydrogens is 311 g/mol. The quantitative estimate of drug-likeness (QED) is 0.919. The van der Waals surface area contributed by atoms with Gasteiger partial charge in [-0.25, -0.2) is 9.97 Å². The Morgan fingerprint density at radius 3 is 2.82 bits per heavy atom. The zero-order chi connectivity index (χ0) is 15.6. The largest absolute Gasteiger partial charge is 0.416 e. The van der Waals surface area contributed by atoms with Crippen molar-refractivity contribution in [2.75, 3.05) is 11.9 Å². The predicted molar refractivity (Wildman–Crippen MR) is 80.2 cm³/mol. The fourth-order valence-electron chi connectivity index (χ4n) is 2.51. The van der Waals surface area contributed by atoms with Gasteiger partial charge in [0, 0.05) is 24.0 Å². The molecule has 0 spiro atoms. The van der Waals surface area contributed by atoms with Crippen LogP contribution >= 0.6 is 11.3 Å². The minimum atomic E-state index is -4.34. The van der Waals surface area contributed by atoms with E-state index in [1.165, 1.54) is 29.6 Å². The van der Waals surface area contributed by atoms with E-state index < -0.39 is 11.7 Å². The number of alkyl halides is 3. The Morgan fingerprint density at radius 2 is 2.05 bits per heavy atom. The summed E-state index contributed by atoms with van der Waals surface area (Å²) in [5.74, 6) is 0.246. The van der Waals surface area contributed by atoms with Crippen LogP contribution in [-0.4, -0.2) is 16.5 Å². The fourth-order valence-corrected chi connectivity index (χ4v) is 3.67. The van der Waals surface area contributed by atoms with Crippen molar-refractivity contribution in [2.45, 2.75) is 38.3 Å². The van der Waals surface area contributed by atoms with Crippen molar-refractivity contribution >= 4 is 17.2 Å². The second-order valence-corrected chi connectivity index (χ2v) is 6.46. The van der Waals surface area contributed by atoms with Gasteiger partial charge in [-0.15, -0.1) is 11.3 Å². The van der Waals surface area contributed by atoms with Crippen LogP contribution in [0, 0.1) is 0 Å². The molecule has 118 valence electrons. The Labute approximate surface area is 130 Å². The van der Waals surface area contributed by atoms with Gasteiger partial charge in [-0.2, -0.15) is 13.2 Å². The van der Waals surface area contributed by atoms with Crippen LogP contribution in [-0.2, 0) is 25.4 Å². The molecule has 22 heavy (non-hydrogen) atoms. The number of fused-ring (bicyclic) bond motifs is 1. The topological polar surface area (TPSA) is 37.8 Å². The van der Waals surface area contributed by atoms with Crippen molar-refractivity contribution in [3.05, 3.63) is 39.5 Å². The van der Waals surface area contributed by atoms with Crippen molar-refractivity contribution in [1.82, 2.24) is 9.97 Å². The third kappa shape index (κ3) is 3.58. The first-order chi connectivity index (χ1) is 10.5. The predicted octanol–water partition coefficient (Wildman–Crippen LogP) is 4.09. The molecule has 2 heterocycles. The van der Waals surface area contributed by atoms with Gasteiger partial charge in [0.2, 0.25) is 0 Å². The van der Waals surface area contributed by atoms with Crippen LogP contribution in [0.25, 0.3) is 0 Å². The molecule has 0 saturated heterocycles. The lowest BCUT2D eigenvalue weighted by molar-refractivity contribution is -0.137. The summed E-state index contributed by atoms with van der Waals surface area (Å²) in [6, 6.07) is 2.01. The Kier molecular flexibility index (Phi) is 4.33. The van der Waals surface area contributed by atoms with Crippen molar-refractivity contribution < 1.29 is 13.2 Å². The maximum absolute atomic E-state index is 12.6. The third-order valence-electron chi connectivity index (χ3n) is 3.62. The lowest BCUT2D eigenvalue weighted by atomic mass is 10.0. The van der Waals surface area contributed by atoms with Gasteiger partial charge in [0.1, 0.15) is 5.82 Å². The van der Waals surface area contributed by atoms with Gasteiger partial charge >= 0.3 is 6.18 Å². The molecule has 3 nitrogen and oxygen atoms in total. The van der Waals surface area contributed by atoms with Gasteiger partial charge in [-0.1, -0.05) is 0 Å². The maximum atomic E-state index is 12.6. The van der Waals surface area contributed by atoms with E-state index in [0.717, 1.165) is 30.0 Å². The minimum absolute atomic E-state index is 0.246. The van der Waals surface area contributed by atoms with Crippen LogP contribution in [0.1, 0.15) is 34.0 Å². The molecule has 0 aromatic carbocycles. The highest BCUT2D eigenvalue weighted by Gasteiger charge is 2.30. The van der Waals surface area contributed by atoms with Gasteiger partial charge in [0.25, 0.3) is 0 Å². The van der Waals surface area contributed by atoms with E-state index in [0.29, 0.717) is 13.0 Å². The molecule has 0 fully saturated rings. The highest BCUT2D eigenvalue weighted by atomic mass is 32.1. The molecule has 0 aliphatic heterocycles. The van der Waals surface area contributed by atoms with Crippen molar-refractivity contribution in [3.8, 4) is 0 Å². The Hall–Kier alpha value is -1.63. The number of rotatable bonds is 4. The summed E-state index contributed by atoms with van der Waals surface area (Å²) in [5, 5.41) is 3.99. The molecule has 2 aromatic heterocycles. The van der Waals surface area contributed by atoms with E-state index in [1.807, 2.05) is 0 Å². The molecule has 3 rings (SSSR count). The molecule has 0 radical (unpaired) electrons. The number of halogens is 3. The average molecular weight is 327 g/mol. The first-order valence-electron chi connectivity index (χ1n) is 7.27. The van der Waals surface area contributed by atoms with Gasteiger partial charge in [-0.3, -0.25) is 0 Å². The molecule has 0 unspecified atom stereocenters. The smallest absolute Gasteiger partial charge is 0.370 e. The van der Waals surface area contributed by atoms with Crippen LogP contribution in [0.15, 0.2) is 18.3 Å². The van der Waals surface area contributed by atoms with Gasteiger partial charge < -0.3 is 5.32 Å². The van der Waals surface area contributed by atoms with Crippen LogP contribution in [0.5, 0.6) is 0 Å². The second-order valence-electron chi connectivity index (χ2n) is 5.29. The summed E-state index contributed by atoms with van der Waals surface area (Å²) < 4.78 is 37.9. The van der Waals surface area contributed by atoms with E-state index >= 15 is 0 Å². The molecule has 0 saturated carbocycles. The number of anilines is 1. The summed E-state index contributed by atoms with van der Waals surface area (Å²) in [7, 11) is 0.